The average Bonchev–Trinajstić information content (AvgIpc) is 3.08. The van der Waals surface area contributed by atoms with Crippen LogP contribution < -0.4 is 11.1 Å². The Morgan fingerprint density at radius 1 is 1.35 bits per heavy atom. The van der Waals surface area contributed by atoms with E-state index < -0.39 is 17.6 Å². The third-order valence-corrected chi connectivity index (χ3v) is 4.06. The van der Waals surface area contributed by atoms with Crippen LogP contribution in [-0.4, -0.2) is 32.2 Å². The molecule has 1 saturated carbocycles. The monoisotopic (exact) mass is 439 g/mol. The number of nitrogens with one attached hydrogen (secondary N) is 1. The van der Waals surface area contributed by atoms with E-state index >= 15 is 0 Å². The quantitative estimate of drug-likeness (QED) is 0.657. The van der Waals surface area contributed by atoms with E-state index in [4.69, 9.17) is 10.5 Å². The van der Waals surface area contributed by atoms with Crippen LogP contribution in [0.25, 0.3) is 5.65 Å². The van der Waals surface area contributed by atoms with Crippen LogP contribution >= 0.6 is 0 Å². The molecule has 1 aliphatic carbocycles. The highest BCUT2D eigenvalue weighted by Crippen LogP contribution is 2.32. The van der Waals surface area contributed by atoms with Gasteiger partial charge in [0, 0.05) is 19.4 Å². The number of imidazole rings is 1. The number of ether oxygens (including phenoxy) is 1. The van der Waals surface area contributed by atoms with E-state index in [1.54, 1.807) is 23.0 Å². The zero-order valence-electron chi connectivity index (χ0n) is 19.0. The van der Waals surface area contributed by atoms with Gasteiger partial charge in [0.25, 0.3) is 0 Å². The molecular formula is C22H35F2N5O2. The standard InChI is InChI=1S/C13H19N5O2.C6H10F2.C3H6/c1-13(2,3)20-12(19)15-7-10-8-18-11(17-10)4-9(5-14)6-16-18;7-6(8)4-2-1-3-5-6;1-3-2/h4,6,8H,5,7,14H2,1-3H3,(H,15,19);1-5H2;3H,1H2,2H3. The maximum Gasteiger partial charge on any atom is 0.407 e. The molecule has 3 N–H and O–H groups in total. The highest BCUT2D eigenvalue weighted by Gasteiger charge is 2.30. The number of nitrogens with two attached hydrogens (primary N) is 1. The number of fused-ring (bicyclic) bond motifs is 1. The molecule has 1 fully saturated rings. The van der Waals surface area contributed by atoms with Crippen molar-refractivity contribution in [1.82, 2.24) is 19.9 Å². The summed E-state index contributed by atoms with van der Waals surface area (Å²) in [5, 5.41) is 6.84. The number of hydrogen-bond donors (Lipinski definition) is 2. The van der Waals surface area contributed by atoms with Crippen molar-refractivity contribution in [3.05, 3.63) is 42.4 Å². The lowest BCUT2D eigenvalue weighted by Gasteiger charge is -2.20. The van der Waals surface area contributed by atoms with Gasteiger partial charge in [0.15, 0.2) is 5.65 Å². The van der Waals surface area contributed by atoms with Crippen molar-refractivity contribution >= 4 is 11.7 Å². The number of aromatic nitrogens is 3. The largest absolute Gasteiger partial charge is 0.444 e. The van der Waals surface area contributed by atoms with Crippen molar-refractivity contribution in [2.24, 2.45) is 5.73 Å². The molecule has 9 heteroatoms. The van der Waals surface area contributed by atoms with E-state index in [1.807, 2.05) is 33.8 Å². The number of alkyl carbamates (subject to hydrolysis) is 1. The molecule has 31 heavy (non-hydrogen) atoms. The highest BCUT2D eigenvalue weighted by molar-refractivity contribution is 5.67. The van der Waals surface area contributed by atoms with Gasteiger partial charge in [0.05, 0.1) is 24.6 Å². The van der Waals surface area contributed by atoms with Gasteiger partial charge in [-0.3, -0.25) is 0 Å². The van der Waals surface area contributed by atoms with Crippen LogP contribution in [0.4, 0.5) is 13.6 Å². The SMILES string of the molecule is C=CC.CC(C)(C)OC(=O)NCc1cn2ncc(CN)cc2n1.FC1(F)CCCCC1. The van der Waals surface area contributed by atoms with Gasteiger partial charge in [-0.05, 0) is 52.2 Å². The summed E-state index contributed by atoms with van der Waals surface area (Å²) in [6, 6.07) is 1.87. The summed E-state index contributed by atoms with van der Waals surface area (Å²) in [6.45, 7) is 11.4. The Labute approximate surface area is 183 Å². The summed E-state index contributed by atoms with van der Waals surface area (Å²) in [5.41, 5.74) is 7.36. The van der Waals surface area contributed by atoms with E-state index in [2.05, 4.69) is 22.0 Å². The minimum atomic E-state index is -2.32. The summed E-state index contributed by atoms with van der Waals surface area (Å²) in [4.78, 5) is 15.9. The Hall–Kier alpha value is -2.55. The van der Waals surface area contributed by atoms with Gasteiger partial charge >= 0.3 is 6.09 Å². The van der Waals surface area contributed by atoms with Gasteiger partial charge in [0.1, 0.15) is 5.60 Å². The van der Waals surface area contributed by atoms with Crippen molar-refractivity contribution in [1.29, 1.82) is 0 Å². The van der Waals surface area contributed by atoms with Gasteiger partial charge in [-0.25, -0.2) is 23.1 Å². The Morgan fingerprint density at radius 3 is 2.45 bits per heavy atom. The summed E-state index contributed by atoms with van der Waals surface area (Å²) >= 11 is 0. The fourth-order valence-electron chi connectivity index (χ4n) is 2.71. The molecular weight excluding hydrogens is 404 g/mol. The maximum atomic E-state index is 12.2. The number of amides is 1. The molecule has 174 valence electrons. The molecule has 0 aliphatic heterocycles. The van der Waals surface area contributed by atoms with Crippen molar-refractivity contribution in [3.8, 4) is 0 Å². The second kappa shape index (κ2) is 12.3. The number of alkyl halides is 2. The Kier molecular flexibility index (Phi) is 10.5. The fourth-order valence-corrected chi connectivity index (χ4v) is 2.71. The second-order valence-corrected chi connectivity index (χ2v) is 8.28. The van der Waals surface area contributed by atoms with Crippen LogP contribution in [0, 0.1) is 0 Å². The predicted octanol–water partition coefficient (Wildman–Crippen LogP) is 4.99. The molecule has 2 aromatic heterocycles. The Morgan fingerprint density at radius 2 is 1.97 bits per heavy atom. The van der Waals surface area contributed by atoms with Crippen molar-refractivity contribution in [2.45, 2.75) is 84.4 Å². The van der Waals surface area contributed by atoms with Crippen LogP contribution in [0.2, 0.25) is 0 Å². The molecule has 0 bridgehead atoms. The van der Waals surface area contributed by atoms with Crippen molar-refractivity contribution in [2.75, 3.05) is 0 Å². The van der Waals surface area contributed by atoms with Crippen LogP contribution in [0.1, 0.15) is 71.1 Å². The van der Waals surface area contributed by atoms with E-state index in [0.29, 0.717) is 30.7 Å². The Bertz CT molecular complexity index is 823. The molecule has 0 atom stereocenters. The summed E-state index contributed by atoms with van der Waals surface area (Å²) in [6.07, 6.45) is 7.40. The number of carbonyl (C=O) groups is 1. The van der Waals surface area contributed by atoms with Crippen LogP contribution in [0.15, 0.2) is 31.1 Å². The summed E-state index contributed by atoms with van der Waals surface area (Å²) in [5.74, 6) is -2.32. The topological polar surface area (TPSA) is 94.5 Å². The highest BCUT2D eigenvalue weighted by atomic mass is 19.3. The normalized spacial score (nSPS) is 15.1. The van der Waals surface area contributed by atoms with Crippen molar-refractivity contribution in [3.63, 3.8) is 0 Å². The number of rotatable bonds is 3. The van der Waals surface area contributed by atoms with Crippen LogP contribution in [0.3, 0.4) is 0 Å². The first kappa shape index (κ1) is 26.5. The van der Waals surface area contributed by atoms with E-state index in [0.717, 1.165) is 12.0 Å². The minimum Gasteiger partial charge on any atom is -0.444 e. The molecule has 0 spiro atoms. The molecule has 1 amide bonds. The summed E-state index contributed by atoms with van der Waals surface area (Å²) in [7, 11) is 0. The van der Waals surface area contributed by atoms with Gasteiger partial charge in [-0.2, -0.15) is 5.10 Å². The van der Waals surface area contributed by atoms with E-state index in [1.165, 1.54) is 0 Å². The lowest BCUT2D eigenvalue weighted by atomic mass is 9.97. The van der Waals surface area contributed by atoms with E-state index in [9.17, 15) is 13.6 Å². The molecule has 7 nitrogen and oxygen atoms in total. The fraction of sp³-hybridized carbons (Fsp3) is 0.591. The third-order valence-electron chi connectivity index (χ3n) is 4.06. The molecule has 3 rings (SSSR count). The van der Waals surface area contributed by atoms with Gasteiger partial charge in [-0.1, -0.05) is 12.5 Å². The first-order valence-electron chi connectivity index (χ1n) is 10.4. The summed E-state index contributed by atoms with van der Waals surface area (Å²) < 4.78 is 31.2. The number of allylic oxidation sites excluding steroid dienone is 1. The predicted molar refractivity (Wildman–Crippen MR) is 118 cm³/mol. The van der Waals surface area contributed by atoms with Crippen molar-refractivity contribution < 1.29 is 18.3 Å². The van der Waals surface area contributed by atoms with Crippen LogP contribution in [0.5, 0.6) is 0 Å². The van der Waals surface area contributed by atoms with E-state index in [-0.39, 0.29) is 19.4 Å². The number of hydrogen-bond acceptors (Lipinski definition) is 5. The molecule has 2 aromatic rings. The number of carbonyl (C=O) groups excluding carboxylic acids is 1. The molecule has 2 heterocycles. The first-order valence-corrected chi connectivity index (χ1v) is 10.4. The molecule has 1 aliphatic rings. The third kappa shape index (κ3) is 10.9. The molecule has 0 aromatic carbocycles. The maximum absolute atomic E-state index is 12.2. The minimum absolute atomic E-state index is 0.118. The zero-order valence-corrected chi connectivity index (χ0v) is 19.0. The Balaban J connectivity index is 0.000000361. The van der Waals surface area contributed by atoms with Crippen LogP contribution in [-0.2, 0) is 17.8 Å². The second-order valence-electron chi connectivity index (χ2n) is 8.28. The lowest BCUT2D eigenvalue weighted by Crippen LogP contribution is -2.32. The lowest BCUT2D eigenvalue weighted by molar-refractivity contribution is -0.0337. The van der Waals surface area contributed by atoms with Gasteiger partial charge in [-0.15, -0.1) is 6.58 Å². The zero-order chi connectivity index (χ0) is 23.5. The average molecular weight is 440 g/mol. The van der Waals surface area contributed by atoms with Gasteiger partial charge in [0.2, 0.25) is 5.92 Å². The molecule has 0 unspecified atom stereocenters. The molecule has 0 radical (unpaired) electrons. The van der Waals surface area contributed by atoms with Gasteiger partial charge < -0.3 is 15.8 Å². The first-order chi connectivity index (χ1) is 14.5. The molecule has 0 saturated heterocycles. The number of halogens is 2. The number of nitrogens with zero attached hydrogens (tertiary/aromatic N) is 3. The smallest absolute Gasteiger partial charge is 0.407 e.